The second kappa shape index (κ2) is 7.91. The van der Waals surface area contributed by atoms with E-state index < -0.39 is 11.7 Å². The molecule has 2 heterocycles. The molecule has 0 radical (unpaired) electrons. The van der Waals surface area contributed by atoms with Crippen molar-refractivity contribution in [3.8, 4) is 11.3 Å². The van der Waals surface area contributed by atoms with Crippen LogP contribution in [0.15, 0.2) is 59.0 Å². The first-order valence-electron chi connectivity index (χ1n) is 9.59. The highest BCUT2D eigenvalue weighted by Crippen LogP contribution is 2.27. The SMILES string of the molecule is Cc1cccc(C(=O)N2CCCC2)c1NC(=O)c1ccc(-c2ccccc2F)o1. The highest BCUT2D eigenvalue weighted by Gasteiger charge is 2.24. The number of benzene rings is 2. The van der Waals surface area contributed by atoms with Crippen molar-refractivity contribution in [2.45, 2.75) is 19.8 Å². The van der Waals surface area contributed by atoms with Crippen molar-refractivity contribution in [3.63, 3.8) is 0 Å². The van der Waals surface area contributed by atoms with Crippen LogP contribution in [0, 0.1) is 12.7 Å². The number of rotatable bonds is 4. The lowest BCUT2D eigenvalue weighted by Crippen LogP contribution is -2.29. The minimum absolute atomic E-state index is 0.0473. The van der Waals surface area contributed by atoms with E-state index in [0.717, 1.165) is 31.5 Å². The van der Waals surface area contributed by atoms with Gasteiger partial charge in [0.1, 0.15) is 11.6 Å². The number of amides is 2. The van der Waals surface area contributed by atoms with E-state index in [2.05, 4.69) is 5.32 Å². The first-order chi connectivity index (χ1) is 14.0. The fourth-order valence-electron chi connectivity index (χ4n) is 3.54. The second-order valence-electron chi connectivity index (χ2n) is 7.09. The third-order valence-corrected chi connectivity index (χ3v) is 5.10. The Morgan fingerprint density at radius 1 is 1.00 bits per heavy atom. The smallest absolute Gasteiger partial charge is 0.291 e. The molecule has 3 aromatic rings. The molecule has 2 amide bonds. The van der Waals surface area contributed by atoms with Gasteiger partial charge in [-0.1, -0.05) is 24.3 Å². The van der Waals surface area contributed by atoms with Crippen LogP contribution < -0.4 is 5.32 Å². The summed E-state index contributed by atoms with van der Waals surface area (Å²) in [5.41, 5.74) is 2.00. The zero-order valence-corrected chi connectivity index (χ0v) is 16.1. The van der Waals surface area contributed by atoms with Crippen LogP contribution in [0.4, 0.5) is 10.1 Å². The number of para-hydroxylation sites is 1. The Bertz CT molecular complexity index is 1070. The molecule has 29 heavy (non-hydrogen) atoms. The zero-order chi connectivity index (χ0) is 20.4. The van der Waals surface area contributed by atoms with Crippen LogP contribution in [0.25, 0.3) is 11.3 Å². The Morgan fingerprint density at radius 2 is 1.76 bits per heavy atom. The Hall–Kier alpha value is -3.41. The van der Waals surface area contributed by atoms with Gasteiger partial charge < -0.3 is 14.6 Å². The lowest BCUT2D eigenvalue weighted by atomic mass is 10.1. The summed E-state index contributed by atoms with van der Waals surface area (Å²) in [5.74, 6) is -0.686. The Morgan fingerprint density at radius 3 is 2.52 bits per heavy atom. The Labute approximate surface area is 168 Å². The number of likely N-dealkylation sites (tertiary alicyclic amines) is 1. The van der Waals surface area contributed by atoms with Crippen molar-refractivity contribution in [1.82, 2.24) is 4.90 Å². The van der Waals surface area contributed by atoms with Gasteiger partial charge in [-0.05, 0) is 55.7 Å². The lowest BCUT2D eigenvalue weighted by molar-refractivity contribution is 0.0793. The average molecular weight is 392 g/mol. The van der Waals surface area contributed by atoms with Gasteiger partial charge in [-0.15, -0.1) is 0 Å². The van der Waals surface area contributed by atoms with E-state index in [9.17, 15) is 14.0 Å². The predicted molar refractivity (Wildman–Crippen MR) is 108 cm³/mol. The summed E-state index contributed by atoms with van der Waals surface area (Å²) in [4.78, 5) is 27.4. The van der Waals surface area contributed by atoms with Crippen molar-refractivity contribution in [2.24, 2.45) is 0 Å². The van der Waals surface area contributed by atoms with Crippen molar-refractivity contribution in [2.75, 3.05) is 18.4 Å². The van der Waals surface area contributed by atoms with Gasteiger partial charge in [-0.3, -0.25) is 9.59 Å². The van der Waals surface area contributed by atoms with Gasteiger partial charge in [-0.2, -0.15) is 0 Å². The molecular weight excluding hydrogens is 371 g/mol. The van der Waals surface area contributed by atoms with Crippen molar-refractivity contribution in [1.29, 1.82) is 0 Å². The van der Waals surface area contributed by atoms with Crippen LogP contribution >= 0.6 is 0 Å². The summed E-state index contributed by atoms with van der Waals surface area (Å²) in [6, 6.07) is 14.6. The maximum absolute atomic E-state index is 14.0. The van der Waals surface area contributed by atoms with Crippen LogP contribution in [-0.4, -0.2) is 29.8 Å². The quantitative estimate of drug-likeness (QED) is 0.688. The fraction of sp³-hybridized carbons (Fsp3) is 0.217. The van der Waals surface area contributed by atoms with Crippen LogP contribution in [0.3, 0.4) is 0 Å². The molecular formula is C23H21FN2O3. The van der Waals surface area contributed by atoms with E-state index in [-0.39, 0.29) is 23.0 Å². The zero-order valence-electron chi connectivity index (χ0n) is 16.1. The molecule has 5 nitrogen and oxygen atoms in total. The first kappa shape index (κ1) is 18.9. The number of aryl methyl sites for hydroxylation is 1. The molecule has 2 aromatic carbocycles. The molecule has 0 bridgehead atoms. The number of nitrogens with one attached hydrogen (secondary N) is 1. The predicted octanol–water partition coefficient (Wildman–Crippen LogP) is 4.88. The number of hydrogen-bond acceptors (Lipinski definition) is 3. The number of nitrogens with zero attached hydrogens (tertiary/aromatic N) is 1. The largest absolute Gasteiger partial charge is 0.451 e. The Kier molecular flexibility index (Phi) is 5.16. The standard InChI is InChI=1S/C23H21FN2O3/c1-15-7-6-9-17(23(28)26-13-4-5-14-26)21(15)25-22(27)20-12-11-19(29-20)16-8-2-3-10-18(16)24/h2-3,6-12H,4-5,13-14H2,1H3,(H,25,27). The van der Waals surface area contributed by atoms with E-state index in [0.29, 0.717) is 11.3 Å². The summed E-state index contributed by atoms with van der Waals surface area (Å²) in [6.45, 7) is 3.29. The molecule has 148 valence electrons. The lowest BCUT2D eigenvalue weighted by Gasteiger charge is -2.19. The van der Waals surface area contributed by atoms with Crippen molar-refractivity contribution in [3.05, 3.63) is 77.3 Å². The van der Waals surface area contributed by atoms with Crippen LogP contribution in [0.1, 0.15) is 39.3 Å². The molecule has 0 unspecified atom stereocenters. The van der Waals surface area contributed by atoms with Crippen LogP contribution in [0.5, 0.6) is 0 Å². The van der Waals surface area contributed by atoms with Crippen molar-refractivity contribution >= 4 is 17.5 Å². The van der Waals surface area contributed by atoms with E-state index in [4.69, 9.17) is 4.42 Å². The molecule has 1 aromatic heterocycles. The van der Waals surface area contributed by atoms with Gasteiger partial charge in [0.15, 0.2) is 5.76 Å². The average Bonchev–Trinajstić information content (AvgIpc) is 3.41. The molecule has 0 spiro atoms. The minimum atomic E-state index is -0.489. The fourth-order valence-corrected chi connectivity index (χ4v) is 3.54. The Balaban J connectivity index is 1.59. The van der Waals surface area contributed by atoms with Gasteiger partial charge in [0, 0.05) is 13.1 Å². The number of halogens is 1. The maximum atomic E-state index is 14.0. The summed E-state index contributed by atoms with van der Waals surface area (Å²) < 4.78 is 19.5. The maximum Gasteiger partial charge on any atom is 0.291 e. The molecule has 1 fully saturated rings. The number of hydrogen-bond donors (Lipinski definition) is 1. The van der Waals surface area contributed by atoms with Crippen LogP contribution in [-0.2, 0) is 0 Å². The topological polar surface area (TPSA) is 62.6 Å². The molecule has 4 rings (SSSR count). The molecule has 1 aliphatic rings. The highest BCUT2D eigenvalue weighted by molar-refractivity contribution is 6.08. The van der Waals surface area contributed by atoms with E-state index >= 15 is 0 Å². The molecule has 0 saturated carbocycles. The normalized spacial score (nSPS) is 13.5. The molecule has 0 atom stereocenters. The molecule has 1 saturated heterocycles. The van der Waals surface area contributed by atoms with Crippen molar-refractivity contribution < 1.29 is 18.4 Å². The van der Waals surface area contributed by atoms with Gasteiger partial charge >= 0.3 is 0 Å². The molecule has 1 N–H and O–H groups in total. The van der Waals surface area contributed by atoms with E-state index in [1.807, 2.05) is 13.0 Å². The van der Waals surface area contributed by atoms with E-state index in [1.54, 1.807) is 41.3 Å². The third-order valence-electron chi connectivity index (χ3n) is 5.10. The summed E-state index contributed by atoms with van der Waals surface area (Å²) in [5, 5.41) is 2.80. The van der Waals surface area contributed by atoms with Gasteiger partial charge in [0.25, 0.3) is 11.8 Å². The van der Waals surface area contributed by atoms with Gasteiger partial charge in [-0.25, -0.2) is 4.39 Å². The molecule has 1 aliphatic heterocycles. The highest BCUT2D eigenvalue weighted by atomic mass is 19.1. The van der Waals surface area contributed by atoms with Gasteiger partial charge in [0.2, 0.25) is 0 Å². The van der Waals surface area contributed by atoms with Gasteiger partial charge in [0.05, 0.1) is 16.8 Å². The number of carbonyl (C=O) groups excluding carboxylic acids is 2. The summed E-state index contributed by atoms with van der Waals surface area (Å²) in [6.07, 6.45) is 1.98. The van der Waals surface area contributed by atoms with Crippen LogP contribution in [0.2, 0.25) is 0 Å². The number of carbonyl (C=O) groups is 2. The number of anilines is 1. The third kappa shape index (κ3) is 3.78. The summed E-state index contributed by atoms with van der Waals surface area (Å²) in [7, 11) is 0. The summed E-state index contributed by atoms with van der Waals surface area (Å²) >= 11 is 0. The number of furan rings is 1. The monoisotopic (exact) mass is 392 g/mol. The minimum Gasteiger partial charge on any atom is -0.451 e. The van der Waals surface area contributed by atoms with E-state index in [1.165, 1.54) is 12.1 Å². The second-order valence-corrected chi connectivity index (χ2v) is 7.09. The molecule has 6 heteroatoms. The first-order valence-corrected chi connectivity index (χ1v) is 9.59. The molecule has 0 aliphatic carbocycles.